The average Bonchev–Trinajstić information content (AvgIpc) is 2.47. The van der Waals surface area contributed by atoms with Gasteiger partial charge in [0, 0.05) is 13.2 Å². The quantitative estimate of drug-likeness (QED) is 0.918. The van der Waals surface area contributed by atoms with Crippen molar-refractivity contribution in [3.8, 4) is 6.07 Å². The summed E-state index contributed by atoms with van der Waals surface area (Å²) in [5.41, 5.74) is 0.157. The first kappa shape index (κ1) is 15.0. The van der Waals surface area contributed by atoms with E-state index in [0.29, 0.717) is 0 Å². The van der Waals surface area contributed by atoms with Gasteiger partial charge in [0.2, 0.25) is 10.0 Å². The van der Waals surface area contributed by atoms with Gasteiger partial charge >= 0.3 is 0 Å². The zero-order chi connectivity index (χ0) is 14.6. The van der Waals surface area contributed by atoms with Gasteiger partial charge in [-0.2, -0.15) is 5.26 Å². The molecule has 5 nitrogen and oxygen atoms in total. The lowest BCUT2D eigenvalue weighted by Gasteiger charge is -2.30. The lowest BCUT2D eigenvalue weighted by Crippen LogP contribution is -2.45. The lowest BCUT2D eigenvalue weighted by molar-refractivity contribution is 0.0493. The fraction of sp³-hybridized carbons (Fsp3) is 0.500. The van der Waals surface area contributed by atoms with E-state index >= 15 is 0 Å². The molecule has 1 fully saturated rings. The third-order valence-electron chi connectivity index (χ3n) is 3.61. The van der Waals surface area contributed by atoms with Crippen LogP contribution in [0.4, 0.5) is 0 Å². The monoisotopic (exact) mass is 294 g/mol. The minimum atomic E-state index is -3.70. The zero-order valence-electron chi connectivity index (χ0n) is 11.4. The van der Waals surface area contributed by atoms with Crippen molar-refractivity contribution in [3.63, 3.8) is 0 Å². The lowest BCUT2D eigenvalue weighted by atomic mass is 9.93. The van der Waals surface area contributed by atoms with E-state index < -0.39 is 10.0 Å². The van der Waals surface area contributed by atoms with Crippen LogP contribution >= 0.6 is 0 Å². The van der Waals surface area contributed by atoms with Gasteiger partial charge in [-0.3, -0.25) is 0 Å². The molecule has 2 rings (SSSR count). The summed E-state index contributed by atoms with van der Waals surface area (Å²) >= 11 is 0. The van der Waals surface area contributed by atoms with E-state index in [2.05, 4.69) is 4.72 Å². The number of methoxy groups -OCH3 is 1. The molecule has 6 heteroatoms. The third-order valence-corrected chi connectivity index (χ3v) is 5.16. The second-order valence-electron chi connectivity index (χ2n) is 4.89. The summed E-state index contributed by atoms with van der Waals surface area (Å²) in [4.78, 5) is 0.0305. The minimum absolute atomic E-state index is 0.0305. The Bertz CT molecular complexity index is 607. The van der Waals surface area contributed by atoms with Crippen LogP contribution in [0.2, 0.25) is 0 Å². The molecule has 0 spiro atoms. The highest BCUT2D eigenvalue weighted by atomic mass is 32.2. The Morgan fingerprint density at radius 2 is 2.00 bits per heavy atom. The molecule has 1 saturated carbocycles. The van der Waals surface area contributed by atoms with Gasteiger partial charge in [-0.15, -0.1) is 0 Å². The molecule has 1 aromatic rings. The van der Waals surface area contributed by atoms with Crippen molar-refractivity contribution in [3.05, 3.63) is 29.8 Å². The average molecular weight is 294 g/mol. The second-order valence-corrected chi connectivity index (χ2v) is 6.58. The van der Waals surface area contributed by atoms with Crippen LogP contribution in [0.5, 0.6) is 0 Å². The highest BCUT2D eigenvalue weighted by Gasteiger charge is 2.30. The number of nitriles is 1. The largest absolute Gasteiger partial charge is 0.380 e. The van der Waals surface area contributed by atoms with E-state index in [9.17, 15) is 8.42 Å². The third kappa shape index (κ3) is 3.18. The first-order valence-corrected chi connectivity index (χ1v) is 8.11. The van der Waals surface area contributed by atoms with Crippen LogP contribution in [0.1, 0.15) is 31.2 Å². The van der Waals surface area contributed by atoms with Gasteiger partial charge in [0.1, 0.15) is 6.07 Å². The molecule has 0 bridgehead atoms. The molecule has 1 aromatic carbocycles. The molecule has 2 atom stereocenters. The van der Waals surface area contributed by atoms with Crippen LogP contribution in [0.3, 0.4) is 0 Å². The summed E-state index contributed by atoms with van der Waals surface area (Å²) in [6.45, 7) is 0. The van der Waals surface area contributed by atoms with Gasteiger partial charge in [-0.1, -0.05) is 25.0 Å². The molecule has 0 aliphatic heterocycles. The maximum Gasteiger partial charge on any atom is 0.242 e. The van der Waals surface area contributed by atoms with Crippen molar-refractivity contribution >= 4 is 10.0 Å². The normalized spacial score (nSPS) is 23.2. The van der Waals surface area contributed by atoms with Crippen LogP contribution in [-0.4, -0.2) is 27.7 Å². The Kier molecular flexibility index (Phi) is 4.76. The first-order valence-electron chi connectivity index (χ1n) is 6.62. The fourth-order valence-corrected chi connectivity index (χ4v) is 4.03. The van der Waals surface area contributed by atoms with Crippen LogP contribution in [0, 0.1) is 11.3 Å². The van der Waals surface area contributed by atoms with Crippen LogP contribution in [-0.2, 0) is 14.8 Å². The number of benzene rings is 1. The van der Waals surface area contributed by atoms with E-state index in [1.807, 2.05) is 6.07 Å². The molecule has 0 saturated heterocycles. The van der Waals surface area contributed by atoms with Crippen molar-refractivity contribution in [2.24, 2.45) is 0 Å². The van der Waals surface area contributed by atoms with E-state index in [-0.39, 0.29) is 22.6 Å². The van der Waals surface area contributed by atoms with Crippen molar-refractivity contribution in [1.29, 1.82) is 5.26 Å². The first-order chi connectivity index (χ1) is 9.58. The molecule has 108 valence electrons. The highest BCUT2D eigenvalue weighted by molar-refractivity contribution is 7.89. The maximum atomic E-state index is 12.4. The Balaban J connectivity index is 2.25. The summed E-state index contributed by atoms with van der Waals surface area (Å²) < 4.78 is 32.9. The molecule has 1 N–H and O–H groups in total. The maximum absolute atomic E-state index is 12.4. The van der Waals surface area contributed by atoms with Crippen LogP contribution < -0.4 is 4.72 Å². The van der Waals surface area contributed by atoms with Gasteiger partial charge in [0.15, 0.2) is 0 Å². The van der Waals surface area contributed by atoms with Gasteiger partial charge < -0.3 is 4.74 Å². The summed E-state index contributed by atoms with van der Waals surface area (Å²) in [7, 11) is -2.10. The van der Waals surface area contributed by atoms with Gasteiger partial charge in [-0.05, 0) is 25.0 Å². The van der Waals surface area contributed by atoms with Gasteiger partial charge in [-0.25, -0.2) is 13.1 Å². The van der Waals surface area contributed by atoms with E-state index in [1.54, 1.807) is 19.2 Å². The van der Waals surface area contributed by atoms with E-state index in [1.165, 1.54) is 12.1 Å². The van der Waals surface area contributed by atoms with Crippen molar-refractivity contribution < 1.29 is 13.2 Å². The Morgan fingerprint density at radius 1 is 1.30 bits per heavy atom. The van der Waals surface area contributed by atoms with Crippen molar-refractivity contribution in [2.75, 3.05) is 7.11 Å². The smallest absolute Gasteiger partial charge is 0.242 e. The molecule has 1 aliphatic rings. The zero-order valence-corrected chi connectivity index (χ0v) is 12.2. The molecular formula is C14H18N2O3S. The SMILES string of the molecule is COC1CCCCC1NS(=O)(=O)c1ccccc1C#N. The standard InChI is InChI=1S/C14H18N2O3S/c1-19-13-8-4-3-7-12(13)16-20(17,18)14-9-5-2-6-11(14)10-15/h2,5-6,9,12-13,16H,3-4,7-8H2,1H3. The van der Waals surface area contributed by atoms with Gasteiger partial charge in [0.25, 0.3) is 0 Å². The Morgan fingerprint density at radius 3 is 2.70 bits per heavy atom. The Hall–Kier alpha value is -1.42. The minimum Gasteiger partial charge on any atom is -0.380 e. The number of nitrogens with one attached hydrogen (secondary N) is 1. The molecule has 2 unspecified atom stereocenters. The second kappa shape index (κ2) is 6.35. The van der Waals surface area contributed by atoms with Gasteiger partial charge in [0.05, 0.1) is 16.6 Å². The van der Waals surface area contributed by atoms with Crippen molar-refractivity contribution in [1.82, 2.24) is 4.72 Å². The summed E-state index contributed by atoms with van der Waals surface area (Å²) in [6, 6.07) is 7.90. The number of rotatable bonds is 4. The molecule has 1 aliphatic carbocycles. The number of hydrogen-bond donors (Lipinski definition) is 1. The van der Waals surface area contributed by atoms with Crippen molar-refractivity contribution in [2.45, 2.75) is 42.7 Å². The predicted molar refractivity (Wildman–Crippen MR) is 74.5 cm³/mol. The summed E-state index contributed by atoms with van der Waals surface area (Å²) in [5, 5.41) is 9.02. The van der Waals surface area contributed by atoms with Crippen LogP contribution in [0.15, 0.2) is 29.2 Å². The predicted octanol–water partition coefficient (Wildman–Crippen LogP) is 1.79. The number of nitrogens with zero attached hydrogens (tertiary/aromatic N) is 1. The number of hydrogen-bond acceptors (Lipinski definition) is 4. The van der Waals surface area contributed by atoms with E-state index in [0.717, 1.165) is 25.7 Å². The highest BCUT2D eigenvalue weighted by Crippen LogP contribution is 2.23. The van der Waals surface area contributed by atoms with E-state index in [4.69, 9.17) is 10.00 Å². The topological polar surface area (TPSA) is 79.2 Å². The molecular weight excluding hydrogens is 276 g/mol. The number of ether oxygens (including phenoxy) is 1. The molecule has 0 amide bonds. The Labute approximate surface area is 119 Å². The molecule has 0 radical (unpaired) electrons. The fourth-order valence-electron chi connectivity index (χ4n) is 2.57. The molecule has 20 heavy (non-hydrogen) atoms. The number of sulfonamides is 1. The molecule has 0 heterocycles. The molecule has 0 aromatic heterocycles. The summed E-state index contributed by atoms with van der Waals surface area (Å²) in [6.07, 6.45) is 3.53. The summed E-state index contributed by atoms with van der Waals surface area (Å²) in [5.74, 6) is 0. The van der Waals surface area contributed by atoms with Crippen LogP contribution in [0.25, 0.3) is 0 Å².